The van der Waals surface area contributed by atoms with Crippen LogP contribution in [-0.4, -0.2) is 35.0 Å². The molecule has 14 heteroatoms. The number of carbonyl (C=O) groups excluding carboxylic acids is 2. The molecule has 4 aromatic rings. The highest BCUT2D eigenvalue weighted by Gasteiger charge is 2.18. The van der Waals surface area contributed by atoms with E-state index in [2.05, 4.69) is 9.13 Å². The molecule has 0 amide bonds. The molecule has 0 fully saturated rings. The summed E-state index contributed by atoms with van der Waals surface area (Å²) >= 11 is 3.16. The fraction of sp³-hybridized carbons (Fsp3) is 0.375. The van der Waals surface area contributed by atoms with Crippen LogP contribution in [0.5, 0.6) is 0 Å². The van der Waals surface area contributed by atoms with Crippen LogP contribution in [0.4, 0.5) is 11.4 Å². The van der Waals surface area contributed by atoms with Crippen LogP contribution in [0.25, 0.3) is 0 Å². The topological polar surface area (TPSA) is 147 Å². The molecule has 46 heavy (non-hydrogen) atoms. The Hall–Kier alpha value is -4.56. The molecule has 0 unspecified atom stereocenters. The smallest absolute Gasteiger partial charge is 0.305 e. The van der Waals surface area contributed by atoms with E-state index in [1.54, 1.807) is 46.9 Å². The third-order valence-corrected chi connectivity index (χ3v) is 9.80. The van der Waals surface area contributed by atoms with Crippen LogP contribution in [-0.2, 0) is 45.0 Å². The van der Waals surface area contributed by atoms with Gasteiger partial charge in [-0.25, -0.2) is 0 Å². The second kappa shape index (κ2) is 16.7. The molecule has 0 aliphatic heterocycles. The van der Waals surface area contributed by atoms with Crippen molar-refractivity contribution in [1.82, 2.24) is 0 Å². The van der Waals surface area contributed by atoms with Crippen molar-refractivity contribution in [2.45, 2.75) is 65.5 Å². The van der Waals surface area contributed by atoms with Gasteiger partial charge in [-0.3, -0.25) is 29.8 Å². The second-order valence-electron chi connectivity index (χ2n) is 10.7. The Morgan fingerprint density at radius 1 is 0.674 bits per heavy atom. The summed E-state index contributed by atoms with van der Waals surface area (Å²) < 4.78 is 14.9. The number of hydrogen-bond acceptors (Lipinski definition) is 10. The molecule has 0 bridgehead atoms. The number of ether oxygens (including phenoxy) is 2. The first-order valence-electron chi connectivity index (χ1n) is 14.8. The maximum atomic E-state index is 12.2. The maximum absolute atomic E-state index is 12.2. The summed E-state index contributed by atoms with van der Waals surface area (Å²) in [4.78, 5) is 47.5. The summed E-state index contributed by atoms with van der Waals surface area (Å²) in [6, 6.07) is 13.0. The van der Waals surface area contributed by atoms with Crippen LogP contribution >= 0.6 is 22.7 Å². The Morgan fingerprint density at radius 3 is 1.39 bits per heavy atom. The SMILES string of the molecule is Cc1c(CCOC(=O)CCCCC(=O)OCCc2sc[n+](Cc3ccc([N+](=O)[O-])cc3)c2C)sc[n+]1Cc1ccc([N+](=O)[O-])cc1. The lowest BCUT2D eigenvalue weighted by molar-refractivity contribution is -0.689. The van der Waals surface area contributed by atoms with Crippen molar-refractivity contribution in [2.75, 3.05) is 13.2 Å². The van der Waals surface area contributed by atoms with Gasteiger partial charge in [0.2, 0.25) is 11.0 Å². The number of benzene rings is 2. The molecule has 2 aromatic heterocycles. The molecule has 4 rings (SSSR count). The molecule has 2 aromatic carbocycles. The van der Waals surface area contributed by atoms with E-state index in [1.165, 1.54) is 24.3 Å². The van der Waals surface area contributed by atoms with Crippen molar-refractivity contribution in [2.24, 2.45) is 0 Å². The van der Waals surface area contributed by atoms with E-state index >= 15 is 0 Å². The molecule has 0 saturated carbocycles. The van der Waals surface area contributed by atoms with Crippen molar-refractivity contribution < 1.29 is 38.0 Å². The first-order valence-corrected chi connectivity index (χ1v) is 16.6. The van der Waals surface area contributed by atoms with E-state index in [1.807, 2.05) is 24.9 Å². The molecule has 0 aliphatic rings. The zero-order valence-corrected chi connectivity index (χ0v) is 27.3. The molecule has 0 N–H and O–H groups in total. The number of esters is 2. The number of rotatable bonds is 17. The number of nitrogens with zero attached hydrogens (tertiary/aromatic N) is 4. The Bertz CT molecular complexity index is 1540. The van der Waals surface area contributed by atoms with E-state index in [0.29, 0.717) is 38.8 Å². The molecule has 2 heterocycles. The van der Waals surface area contributed by atoms with Gasteiger partial charge in [-0.05, 0) is 37.1 Å². The highest BCUT2D eigenvalue weighted by atomic mass is 32.1. The minimum Gasteiger partial charge on any atom is -0.465 e. The standard InChI is InChI=1S/C32H36N4O8S2/c1-23-29(45-21-33(23)19-25-7-11-27(12-8-25)35(39)40)15-17-43-31(37)5-3-4-6-32(38)44-18-16-30-24(2)34(22-46-30)20-26-9-13-28(14-10-26)36(41)42/h7-14,21-22H,3-6,15-20H2,1-2H3/q+2. The van der Waals surface area contributed by atoms with Crippen molar-refractivity contribution in [3.8, 4) is 0 Å². The normalized spacial score (nSPS) is 10.9. The van der Waals surface area contributed by atoms with Crippen molar-refractivity contribution in [3.63, 3.8) is 0 Å². The lowest BCUT2D eigenvalue weighted by Gasteiger charge is -2.05. The Balaban J connectivity index is 1.07. The molecule has 242 valence electrons. The molecular formula is C32H36N4O8S2+2. The number of unbranched alkanes of at least 4 members (excludes halogenated alkanes) is 1. The number of hydrogen-bond donors (Lipinski definition) is 0. The van der Waals surface area contributed by atoms with Gasteiger partial charge in [0, 0.05) is 74.9 Å². The number of carbonyl (C=O) groups is 2. The molecular weight excluding hydrogens is 633 g/mol. The van der Waals surface area contributed by atoms with E-state index in [0.717, 1.165) is 32.3 Å². The van der Waals surface area contributed by atoms with Crippen molar-refractivity contribution in [3.05, 3.63) is 112 Å². The summed E-state index contributed by atoms with van der Waals surface area (Å²) in [7, 11) is 0. The van der Waals surface area contributed by atoms with Crippen LogP contribution in [0.15, 0.2) is 59.6 Å². The van der Waals surface area contributed by atoms with Gasteiger partial charge < -0.3 is 9.47 Å². The Kier molecular flexibility index (Phi) is 12.4. The van der Waals surface area contributed by atoms with Gasteiger partial charge in [0.15, 0.2) is 24.5 Å². The number of thiazole rings is 2. The number of non-ortho nitro benzene ring substituents is 2. The molecule has 0 radical (unpaired) electrons. The van der Waals surface area contributed by atoms with Gasteiger partial charge in [-0.2, -0.15) is 9.13 Å². The molecule has 0 atom stereocenters. The van der Waals surface area contributed by atoms with Gasteiger partial charge in [-0.15, -0.1) is 0 Å². The number of nitro benzene ring substituents is 2. The van der Waals surface area contributed by atoms with E-state index < -0.39 is 9.85 Å². The molecule has 12 nitrogen and oxygen atoms in total. The van der Waals surface area contributed by atoms with Gasteiger partial charge in [0.05, 0.1) is 32.8 Å². The van der Waals surface area contributed by atoms with Crippen molar-refractivity contribution >= 4 is 46.0 Å². The average molecular weight is 669 g/mol. The average Bonchev–Trinajstić information content (AvgIpc) is 3.56. The predicted molar refractivity (Wildman–Crippen MR) is 171 cm³/mol. The minimum atomic E-state index is -0.416. The molecule has 0 aliphatic carbocycles. The minimum absolute atomic E-state index is 0.0631. The Morgan fingerprint density at radius 2 is 1.04 bits per heavy atom. The van der Waals surface area contributed by atoms with E-state index in [4.69, 9.17) is 9.47 Å². The summed E-state index contributed by atoms with van der Waals surface area (Å²) in [5, 5.41) is 21.7. The van der Waals surface area contributed by atoms with Crippen LogP contribution in [0.2, 0.25) is 0 Å². The first kappa shape index (κ1) is 34.3. The summed E-state index contributed by atoms with van der Waals surface area (Å²) in [5.74, 6) is -0.590. The Labute approximate surface area is 274 Å². The number of nitro groups is 2. The van der Waals surface area contributed by atoms with Crippen LogP contribution in [0.1, 0.15) is 58.0 Å². The highest BCUT2D eigenvalue weighted by Crippen LogP contribution is 2.17. The first-order chi connectivity index (χ1) is 22.1. The summed E-state index contributed by atoms with van der Waals surface area (Å²) in [5.41, 5.74) is 8.17. The van der Waals surface area contributed by atoms with Gasteiger partial charge in [0.1, 0.15) is 0 Å². The zero-order chi connectivity index (χ0) is 33.1. The maximum Gasteiger partial charge on any atom is 0.305 e. The van der Waals surface area contributed by atoms with Gasteiger partial charge in [-0.1, -0.05) is 22.7 Å². The second-order valence-corrected chi connectivity index (χ2v) is 12.6. The van der Waals surface area contributed by atoms with E-state index in [-0.39, 0.29) is 49.4 Å². The lowest BCUT2D eigenvalue weighted by atomic mass is 10.2. The summed E-state index contributed by atoms with van der Waals surface area (Å²) in [6.45, 7) is 5.75. The number of aromatic nitrogens is 2. The van der Waals surface area contributed by atoms with E-state index in [9.17, 15) is 29.8 Å². The van der Waals surface area contributed by atoms with Gasteiger partial charge >= 0.3 is 11.9 Å². The van der Waals surface area contributed by atoms with Crippen LogP contribution in [0, 0.1) is 34.1 Å². The summed E-state index contributed by atoms with van der Waals surface area (Å²) in [6.07, 6.45) is 2.74. The monoisotopic (exact) mass is 668 g/mol. The predicted octanol–water partition coefficient (Wildman–Crippen LogP) is 5.35. The lowest BCUT2D eigenvalue weighted by Crippen LogP contribution is -2.35. The molecule has 0 spiro atoms. The fourth-order valence-electron chi connectivity index (χ4n) is 4.73. The van der Waals surface area contributed by atoms with Crippen LogP contribution < -0.4 is 9.13 Å². The third kappa shape index (κ3) is 9.97. The highest BCUT2D eigenvalue weighted by molar-refractivity contribution is 7.09. The van der Waals surface area contributed by atoms with Crippen LogP contribution in [0.3, 0.4) is 0 Å². The fourth-order valence-corrected chi connectivity index (χ4v) is 6.68. The van der Waals surface area contributed by atoms with Gasteiger partial charge in [0.25, 0.3) is 11.4 Å². The quantitative estimate of drug-likeness (QED) is 0.0481. The molecule has 0 saturated heterocycles. The zero-order valence-electron chi connectivity index (χ0n) is 25.7. The third-order valence-electron chi connectivity index (χ3n) is 7.51. The largest absolute Gasteiger partial charge is 0.465 e. The van der Waals surface area contributed by atoms with Crippen molar-refractivity contribution in [1.29, 1.82) is 0 Å².